The van der Waals surface area contributed by atoms with E-state index in [1.54, 1.807) is 0 Å². The van der Waals surface area contributed by atoms with Crippen molar-refractivity contribution in [3.63, 3.8) is 0 Å². The van der Waals surface area contributed by atoms with Crippen molar-refractivity contribution >= 4 is 63.7 Å². The van der Waals surface area contributed by atoms with Crippen molar-refractivity contribution in [2.45, 2.75) is 0 Å². The van der Waals surface area contributed by atoms with E-state index in [-0.39, 0.29) is 0 Å². The molecule has 0 aliphatic carbocycles. The molecule has 0 fully saturated rings. The second kappa shape index (κ2) is 4.11. The van der Waals surface area contributed by atoms with E-state index in [0.717, 1.165) is 29.0 Å². The minimum Gasteiger partial charge on any atom is -0.0501 e. The Bertz CT molecular complexity index is 225. The molecule has 0 aliphatic rings. The van der Waals surface area contributed by atoms with Crippen LogP contribution in [0.1, 0.15) is 11.1 Å². The average Bonchev–Trinajstić information content (AvgIpc) is 2.08. The first kappa shape index (κ1) is 11.2. The Morgan fingerprint density at radius 1 is 0.583 bits per heavy atom. The van der Waals surface area contributed by atoms with Gasteiger partial charge in [-0.2, -0.15) is 0 Å². The predicted molar refractivity (Wildman–Crippen MR) is 66.2 cm³/mol. The molecule has 0 unspecified atom stereocenters. The predicted octanol–water partition coefficient (Wildman–Crippen LogP) is 5.10. The number of hydrogen-bond donors (Lipinski definition) is 0. The fourth-order valence-corrected chi connectivity index (χ4v) is 3.20. The van der Waals surface area contributed by atoms with Gasteiger partial charge in [-0.25, -0.2) is 0 Å². The van der Waals surface area contributed by atoms with Gasteiger partial charge in [-0.05, 0) is 72.8 Å². The van der Waals surface area contributed by atoms with E-state index >= 15 is 0 Å². The Morgan fingerprint density at radius 2 is 0.917 bits per heavy atom. The third-order valence-corrected chi connectivity index (χ3v) is 6.01. The number of hydrogen-bond acceptors (Lipinski definition) is 0. The molecule has 1 rings (SSSR count). The van der Waals surface area contributed by atoms with Crippen molar-refractivity contribution in [2.75, 3.05) is 0 Å². The molecule has 0 atom stereocenters. The van der Waals surface area contributed by atoms with E-state index < -0.39 is 0 Å². The molecule has 0 spiro atoms. The summed E-state index contributed by atoms with van der Waals surface area (Å²) in [6.45, 7) is 7.80. The minimum atomic E-state index is 0.898. The third kappa shape index (κ3) is 1.81. The SMILES string of the molecule is [CH2]c1c(Br)c([CH2])c(Br)c(Br)c1Br. The van der Waals surface area contributed by atoms with Crippen molar-refractivity contribution in [2.24, 2.45) is 0 Å². The van der Waals surface area contributed by atoms with Crippen LogP contribution in [0.2, 0.25) is 0 Å². The molecule has 0 aliphatic heterocycles. The molecular formula is C8H4Br4. The van der Waals surface area contributed by atoms with Crippen LogP contribution in [0.25, 0.3) is 0 Å². The number of halogens is 4. The van der Waals surface area contributed by atoms with Gasteiger partial charge in [0.1, 0.15) is 0 Å². The average molecular weight is 420 g/mol. The lowest BCUT2D eigenvalue weighted by molar-refractivity contribution is 1.39. The molecule has 64 valence electrons. The van der Waals surface area contributed by atoms with E-state index in [9.17, 15) is 0 Å². The second-order valence-electron chi connectivity index (χ2n) is 2.21. The third-order valence-electron chi connectivity index (χ3n) is 1.45. The molecule has 0 N–H and O–H groups in total. The van der Waals surface area contributed by atoms with Crippen LogP contribution < -0.4 is 0 Å². The molecule has 0 nitrogen and oxygen atoms in total. The fourth-order valence-electron chi connectivity index (χ4n) is 0.736. The summed E-state index contributed by atoms with van der Waals surface area (Å²) in [6.07, 6.45) is 0. The Balaban J connectivity index is 3.60. The van der Waals surface area contributed by atoms with Gasteiger partial charge in [-0.3, -0.25) is 0 Å². The number of benzene rings is 1. The number of rotatable bonds is 0. The summed E-state index contributed by atoms with van der Waals surface area (Å²) in [7, 11) is 0. The largest absolute Gasteiger partial charge is 0.0501 e. The normalized spacial score (nSPS) is 10.5. The van der Waals surface area contributed by atoms with Gasteiger partial charge in [0, 0.05) is 17.9 Å². The molecule has 1 aromatic rings. The van der Waals surface area contributed by atoms with Crippen molar-refractivity contribution in [1.82, 2.24) is 0 Å². The van der Waals surface area contributed by atoms with Crippen LogP contribution >= 0.6 is 63.7 Å². The van der Waals surface area contributed by atoms with Gasteiger partial charge in [-0.15, -0.1) is 0 Å². The molecule has 4 heteroatoms. The smallest absolute Gasteiger partial charge is 0.0465 e. The zero-order chi connectivity index (χ0) is 9.46. The quantitative estimate of drug-likeness (QED) is 0.405. The van der Waals surface area contributed by atoms with Crippen LogP contribution in [-0.2, 0) is 0 Å². The van der Waals surface area contributed by atoms with Gasteiger partial charge in [0.2, 0.25) is 0 Å². The summed E-state index contributed by atoms with van der Waals surface area (Å²) in [4.78, 5) is 0. The first-order chi connectivity index (χ1) is 5.46. The van der Waals surface area contributed by atoms with Gasteiger partial charge in [0.05, 0.1) is 0 Å². The van der Waals surface area contributed by atoms with Gasteiger partial charge >= 0.3 is 0 Å². The van der Waals surface area contributed by atoms with E-state index in [4.69, 9.17) is 0 Å². The molecule has 0 bridgehead atoms. The van der Waals surface area contributed by atoms with E-state index in [0.29, 0.717) is 0 Å². The topological polar surface area (TPSA) is 0 Å². The van der Waals surface area contributed by atoms with Crippen molar-refractivity contribution < 1.29 is 0 Å². The minimum absolute atomic E-state index is 0.898. The molecule has 0 heterocycles. The molecule has 1 aromatic carbocycles. The molecule has 0 aromatic heterocycles. The summed E-state index contributed by atoms with van der Waals surface area (Å²) in [5, 5.41) is 0. The highest BCUT2D eigenvalue weighted by Gasteiger charge is 2.12. The Hall–Kier alpha value is 1.14. The first-order valence-corrected chi connectivity index (χ1v) is 6.14. The van der Waals surface area contributed by atoms with E-state index in [2.05, 4.69) is 77.6 Å². The summed E-state index contributed by atoms with van der Waals surface area (Å²) < 4.78 is 3.74. The summed E-state index contributed by atoms with van der Waals surface area (Å²) in [5.74, 6) is 0. The second-order valence-corrected chi connectivity index (χ2v) is 5.39. The Labute approximate surface area is 106 Å². The Kier molecular flexibility index (Phi) is 3.84. The lowest BCUT2D eigenvalue weighted by atomic mass is 10.2. The molecule has 0 saturated carbocycles. The van der Waals surface area contributed by atoms with E-state index in [1.165, 1.54) is 0 Å². The monoisotopic (exact) mass is 416 g/mol. The summed E-state index contributed by atoms with van der Waals surface area (Å²) >= 11 is 13.7. The Morgan fingerprint density at radius 3 is 1.25 bits per heavy atom. The van der Waals surface area contributed by atoms with Crippen LogP contribution in [0.15, 0.2) is 17.9 Å². The molecule has 0 amide bonds. The van der Waals surface area contributed by atoms with Gasteiger partial charge < -0.3 is 0 Å². The van der Waals surface area contributed by atoms with Crippen LogP contribution in [0, 0.1) is 13.8 Å². The first-order valence-electron chi connectivity index (χ1n) is 2.96. The van der Waals surface area contributed by atoms with Crippen molar-refractivity contribution in [1.29, 1.82) is 0 Å². The van der Waals surface area contributed by atoms with Crippen LogP contribution in [-0.4, -0.2) is 0 Å². The summed E-state index contributed by atoms with van der Waals surface area (Å²) in [5.41, 5.74) is 1.80. The zero-order valence-corrected chi connectivity index (χ0v) is 12.3. The van der Waals surface area contributed by atoms with Gasteiger partial charge in [-0.1, -0.05) is 15.9 Å². The molecule has 0 saturated heterocycles. The van der Waals surface area contributed by atoms with E-state index in [1.807, 2.05) is 0 Å². The fraction of sp³-hybridized carbons (Fsp3) is 0. The molecular weight excluding hydrogens is 416 g/mol. The highest BCUT2D eigenvalue weighted by molar-refractivity contribution is 9.14. The summed E-state index contributed by atoms with van der Waals surface area (Å²) in [6, 6.07) is 0. The highest BCUT2D eigenvalue weighted by atomic mass is 79.9. The molecule has 12 heavy (non-hydrogen) atoms. The maximum absolute atomic E-state index is 3.90. The van der Waals surface area contributed by atoms with Gasteiger partial charge in [0.25, 0.3) is 0 Å². The van der Waals surface area contributed by atoms with Crippen molar-refractivity contribution in [3.05, 3.63) is 42.9 Å². The lowest BCUT2D eigenvalue weighted by Crippen LogP contribution is -1.87. The molecule has 2 radical (unpaired) electrons. The van der Waals surface area contributed by atoms with Crippen LogP contribution in [0.3, 0.4) is 0 Å². The lowest BCUT2D eigenvalue weighted by Gasteiger charge is -2.10. The zero-order valence-electron chi connectivity index (χ0n) is 5.93. The van der Waals surface area contributed by atoms with Crippen molar-refractivity contribution in [3.8, 4) is 0 Å². The maximum Gasteiger partial charge on any atom is 0.0465 e. The maximum atomic E-state index is 3.90. The van der Waals surface area contributed by atoms with Crippen LogP contribution in [0.4, 0.5) is 0 Å². The highest BCUT2D eigenvalue weighted by Crippen LogP contribution is 2.40. The van der Waals surface area contributed by atoms with Gasteiger partial charge in [0.15, 0.2) is 0 Å². The standard InChI is InChI=1S/C8H4Br4/c1-3-5(9)4(2)7(11)8(12)6(3)10/h1-2H2. The van der Waals surface area contributed by atoms with Crippen LogP contribution in [0.5, 0.6) is 0 Å².